The molecule has 0 heterocycles. The molecule has 2 aliphatic carbocycles. The molecule has 8 nitrogen and oxygen atoms in total. The number of allylic oxidation sites excluding steroid dienone is 2. The molecule has 26 heavy (non-hydrogen) atoms. The highest BCUT2D eigenvalue weighted by Crippen LogP contribution is 2.57. The second-order valence-corrected chi connectivity index (χ2v) is 6.31. The van der Waals surface area contributed by atoms with Gasteiger partial charge in [0.15, 0.2) is 11.5 Å². The van der Waals surface area contributed by atoms with E-state index < -0.39 is 38.1 Å². The Kier molecular flexibility index (Phi) is 2.99. The number of nitro groups is 2. The Morgan fingerprint density at radius 3 is 2.38 bits per heavy atom. The van der Waals surface area contributed by atoms with Crippen LogP contribution in [-0.2, 0) is 5.41 Å². The summed E-state index contributed by atoms with van der Waals surface area (Å²) in [4.78, 5) is 21.4. The zero-order valence-electron chi connectivity index (χ0n) is 13.5. The largest absolute Gasteiger partial charge is 0.502 e. The van der Waals surface area contributed by atoms with Crippen LogP contribution in [0.3, 0.4) is 0 Å². The van der Waals surface area contributed by atoms with Crippen molar-refractivity contribution < 1.29 is 20.1 Å². The molecule has 130 valence electrons. The molecule has 4 rings (SSSR count). The van der Waals surface area contributed by atoms with Crippen molar-refractivity contribution in [1.82, 2.24) is 0 Å². The molecule has 8 heteroatoms. The van der Waals surface area contributed by atoms with E-state index in [2.05, 4.69) is 0 Å². The lowest BCUT2D eigenvalue weighted by Crippen LogP contribution is -2.24. The molecule has 0 aromatic heterocycles. The van der Waals surface area contributed by atoms with Gasteiger partial charge in [-0.1, -0.05) is 29.9 Å². The predicted octanol–water partition coefficient (Wildman–Crippen LogP) is 3.64. The van der Waals surface area contributed by atoms with Crippen LogP contribution in [0.2, 0.25) is 0 Å². The SMILES string of the molecule is CC1=Cc2cc([N+](=O)[O-])c(O)cc2C12C=Cc1ccc(O)c([N+](=O)[O-])c12. The summed E-state index contributed by atoms with van der Waals surface area (Å²) in [6.45, 7) is 1.76. The zero-order valence-corrected chi connectivity index (χ0v) is 13.5. The number of phenolic OH excluding ortho intramolecular Hbond substituents is 2. The molecule has 1 unspecified atom stereocenters. The van der Waals surface area contributed by atoms with Crippen molar-refractivity contribution in [2.75, 3.05) is 0 Å². The fourth-order valence-electron chi connectivity index (χ4n) is 3.94. The fourth-order valence-corrected chi connectivity index (χ4v) is 3.94. The van der Waals surface area contributed by atoms with E-state index in [9.17, 15) is 30.4 Å². The van der Waals surface area contributed by atoms with E-state index in [4.69, 9.17) is 0 Å². The van der Waals surface area contributed by atoms with Crippen LogP contribution in [0.5, 0.6) is 11.5 Å². The van der Waals surface area contributed by atoms with Gasteiger partial charge in [-0.3, -0.25) is 20.2 Å². The summed E-state index contributed by atoms with van der Waals surface area (Å²) in [5.41, 5.74) is 0.679. The summed E-state index contributed by atoms with van der Waals surface area (Å²) < 4.78 is 0. The third-order valence-electron chi connectivity index (χ3n) is 5.04. The molecule has 0 saturated heterocycles. The summed E-state index contributed by atoms with van der Waals surface area (Å²) >= 11 is 0. The Labute approximate surface area is 146 Å². The van der Waals surface area contributed by atoms with Gasteiger partial charge in [0.25, 0.3) is 0 Å². The molecule has 0 bridgehead atoms. The predicted molar refractivity (Wildman–Crippen MR) is 93.0 cm³/mol. The first kappa shape index (κ1) is 15.8. The number of nitro benzene ring substituents is 2. The topological polar surface area (TPSA) is 127 Å². The van der Waals surface area contributed by atoms with Crippen LogP contribution >= 0.6 is 0 Å². The number of hydrogen-bond donors (Lipinski definition) is 2. The molecule has 0 radical (unpaired) electrons. The van der Waals surface area contributed by atoms with E-state index in [1.54, 1.807) is 31.2 Å². The van der Waals surface area contributed by atoms with Gasteiger partial charge < -0.3 is 10.2 Å². The van der Waals surface area contributed by atoms with Gasteiger partial charge in [0, 0.05) is 6.07 Å². The highest BCUT2D eigenvalue weighted by Gasteiger charge is 2.48. The lowest BCUT2D eigenvalue weighted by molar-refractivity contribution is -0.386. The van der Waals surface area contributed by atoms with Gasteiger partial charge >= 0.3 is 11.4 Å². The lowest BCUT2D eigenvalue weighted by atomic mass is 9.73. The van der Waals surface area contributed by atoms with Crippen LogP contribution in [-0.4, -0.2) is 20.1 Å². The van der Waals surface area contributed by atoms with Crippen molar-refractivity contribution in [2.24, 2.45) is 0 Å². The summed E-state index contributed by atoms with van der Waals surface area (Å²) in [6.07, 6.45) is 5.18. The van der Waals surface area contributed by atoms with Crippen molar-refractivity contribution >= 4 is 23.5 Å². The smallest absolute Gasteiger partial charge is 0.316 e. The minimum Gasteiger partial charge on any atom is -0.502 e. The molecule has 2 aliphatic rings. The molecular weight excluding hydrogens is 340 g/mol. The lowest BCUT2D eigenvalue weighted by Gasteiger charge is -2.27. The van der Waals surface area contributed by atoms with Crippen molar-refractivity contribution in [1.29, 1.82) is 0 Å². The molecule has 0 fully saturated rings. The monoisotopic (exact) mass is 352 g/mol. The van der Waals surface area contributed by atoms with E-state index in [-0.39, 0.29) is 0 Å². The van der Waals surface area contributed by atoms with Gasteiger partial charge in [0.1, 0.15) is 0 Å². The van der Waals surface area contributed by atoms with Gasteiger partial charge in [-0.05, 0) is 35.7 Å². The number of aromatic hydroxyl groups is 2. The number of phenols is 2. The quantitative estimate of drug-likeness (QED) is 0.627. The van der Waals surface area contributed by atoms with Gasteiger partial charge in [0.05, 0.1) is 20.8 Å². The van der Waals surface area contributed by atoms with Crippen LogP contribution in [0.25, 0.3) is 12.2 Å². The average Bonchev–Trinajstić information content (AvgIpc) is 3.07. The summed E-state index contributed by atoms with van der Waals surface area (Å²) in [6, 6.07) is 5.37. The van der Waals surface area contributed by atoms with Crippen LogP contribution in [0.4, 0.5) is 11.4 Å². The number of nitrogens with zero attached hydrogens (tertiary/aromatic N) is 2. The highest BCUT2D eigenvalue weighted by molar-refractivity contribution is 5.87. The van der Waals surface area contributed by atoms with Crippen molar-refractivity contribution in [2.45, 2.75) is 12.3 Å². The molecule has 0 amide bonds. The number of rotatable bonds is 2. The zero-order chi connectivity index (χ0) is 18.8. The summed E-state index contributed by atoms with van der Waals surface area (Å²) in [5, 5.41) is 42.9. The van der Waals surface area contributed by atoms with Crippen LogP contribution in [0.1, 0.15) is 29.2 Å². The second-order valence-electron chi connectivity index (χ2n) is 6.31. The van der Waals surface area contributed by atoms with Crippen LogP contribution < -0.4 is 0 Å². The molecule has 0 aliphatic heterocycles. The number of fused-ring (bicyclic) bond motifs is 4. The Balaban J connectivity index is 2.08. The van der Waals surface area contributed by atoms with E-state index in [0.29, 0.717) is 27.8 Å². The van der Waals surface area contributed by atoms with Crippen molar-refractivity contribution in [3.63, 3.8) is 0 Å². The maximum atomic E-state index is 11.6. The molecule has 1 spiro atoms. The van der Waals surface area contributed by atoms with Crippen LogP contribution in [0.15, 0.2) is 35.9 Å². The molecule has 2 N–H and O–H groups in total. The molecule has 1 atom stereocenters. The summed E-state index contributed by atoms with van der Waals surface area (Å²) in [7, 11) is 0. The number of benzene rings is 2. The Morgan fingerprint density at radius 2 is 1.73 bits per heavy atom. The van der Waals surface area contributed by atoms with Crippen molar-refractivity contribution in [3.05, 3.63) is 78.4 Å². The van der Waals surface area contributed by atoms with E-state index in [1.165, 1.54) is 18.2 Å². The first-order valence-corrected chi connectivity index (χ1v) is 7.68. The number of hydrogen-bond acceptors (Lipinski definition) is 6. The van der Waals surface area contributed by atoms with E-state index in [0.717, 1.165) is 0 Å². The first-order valence-electron chi connectivity index (χ1n) is 7.68. The maximum absolute atomic E-state index is 11.6. The Bertz CT molecular complexity index is 1090. The second kappa shape index (κ2) is 4.92. The highest BCUT2D eigenvalue weighted by atomic mass is 16.6. The van der Waals surface area contributed by atoms with Gasteiger partial charge in [-0.25, -0.2) is 0 Å². The average molecular weight is 352 g/mol. The maximum Gasteiger partial charge on any atom is 0.316 e. The van der Waals surface area contributed by atoms with E-state index in [1.807, 2.05) is 0 Å². The van der Waals surface area contributed by atoms with Gasteiger partial charge in [-0.15, -0.1) is 0 Å². The minimum absolute atomic E-state index is 0.295. The first-order chi connectivity index (χ1) is 12.3. The van der Waals surface area contributed by atoms with Gasteiger partial charge in [-0.2, -0.15) is 0 Å². The van der Waals surface area contributed by atoms with E-state index >= 15 is 0 Å². The third kappa shape index (κ3) is 1.78. The van der Waals surface area contributed by atoms with Gasteiger partial charge in [0.2, 0.25) is 0 Å². The summed E-state index contributed by atoms with van der Waals surface area (Å²) in [5.74, 6) is -0.968. The standard InChI is InChI=1S/C18H12N2O6/c1-9-6-11-7-13(19(23)24)15(22)8-12(11)18(9)5-4-10-2-3-14(21)17(16(10)18)20(25)26/h2-8,21-22H,1H3. The fraction of sp³-hybridized carbons (Fsp3) is 0.111. The third-order valence-corrected chi connectivity index (χ3v) is 5.04. The Morgan fingerprint density at radius 1 is 1.00 bits per heavy atom. The Hall–Kier alpha value is -3.68. The minimum atomic E-state index is -1.06. The molecular formula is C18H12N2O6. The normalized spacial score (nSPS) is 19.3. The van der Waals surface area contributed by atoms with Crippen LogP contribution in [0, 0.1) is 20.2 Å². The van der Waals surface area contributed by atoms with Crippen molar-refractivity contribution in [3.8, 4) is 11.5 Å². The molecule has 2 aromatic rings. The molecule has 2 aromatic carbocycles. The molecule has 0 saturated carbocycles.